The summed E-state index contributed by atoms with van der Waals surface area (Å²) in [6.07, 6.45) is 16.6. The number of allylic oxidation sites excluding steroid dienone is 7. The Morgan fingerprint density at radius 3 is 1.97 bits per heavy atom. The minimum atomic E-state index is -3.53. The van der Waals surface area contributed by atoms with Gasteiger partial charge in [-0.3, -0.25) is 4.57 Å². The first-order chi connectivity index (χ1) is 17.2. The number of hydrogen-bond acceptors (Lipinski definition) is 3. The minimum Gasteiger partial charge on any atom is -0.401 e. The van der Waals surface area contributed by atoms with Crippen LogP contribution in [0.25, 0.3) is 0 Å². The van der Waals surface area contributed by atoms with E-state index in [1.807, 2.05) is 24.3 Å². The number of carbonyl (C=O) groups is 1. The van der Waals surface area contributed by atoms with Crippen molar-refractivity contribution in [3.63, 3.8) is 0 Å². The van der Waals surface area contributed by atoms with Crippen LogP contribution in [0.15, 0.2) is 109 Å². The lowest BCUT2D eigenvalue weighted by Gasteiger charge is -2.18. The van der Waals surface area contributed by atoms with Gasteiger partial charge in [0.05, 0.1) is 10.6 Å². The average molecular weight is 505 g/mol. The van der Waals surface area contributed by atoms with Crippen molar-refractivity contribution in [3.05, 3.63) is 109 Å². The Balaban J connectivity index is 1.90. The molecule has 0 aliphatic heterocycles. The molecule has 3 nitrogen and oxygen atoms in total. The summed E-state index contributed by atoms with van der Waals surface area (Å²) in [7, 11) is -3.53. The highest BCUT2D eigenvalue weighted by Gasteiger charge is 2.31. The van der Waals surface area contributed by atoms with Gasteiger partial charge in [0, 0.05) is 6.08 Å². The molecule has 3 atom stereocenters. The van der Waals surface area contributed by atoms with Crippen LogP contribution < -0.4 is 10.6 Å². The number of carbonyl (C=O) groups excluding carboxylic acids is 1. The van der Waals surface area contributed by atoms with E-state index >= 15 is 0 Å². The predicted octanol–water partition coefficient (Wildman–Crippen LogP) is 8.17. The van der Waals surface area contributed by atoms with Crippen molar-refractivity contribution >= 4 is 23.9 Å². The Morgan fingerprint density at radius 2 is 1.42 bits per heavy atom. The molecule has 2 aromatic rings. The topological polar surface area (TPSA) is 43.4 Å². The van der Waals surface area contributed by atoms with Gasteiger partial charge in [-0.2, -0.15) is 0 Å². The molecule has 2 aromatic carbocycles. The molecule has 0 aromatic heterocycles. The van der Waals surface area contributed by atoms with Gasteiger partial charge in [0.1, 0.15) is 0 Å². The summed E-state index contributed by atoms with van der Waals surface area (Å²) >= 11 is 0. The molecule has 0 saturated carbocycles. The third-order valence-corrected chi connectivity index (χ3v) is 8.47. The molecule has 0 bridgehead atoms. The number of rotatable bonds is 13. The molecule has 4 heteroatoms. The molecule has 0 radical (unpaired) electrons. The molecule has 0 N–H and O–H groups in total. The lowest BCUT2D eigenvalue weighted by molar-refractivity contribution is -0.128. The highest BCUT2D eigenvalue weighted by Crippen LogP contribution is 2.44. The maximum atomic E-state index is 13.8. The van der Waals surface area contributed by atoms with Gasteiger partial charge in [0.15, 0.2) is 0 Å². The Morgan fingerprint density at radius 1 is 0.861 bits per heavy atom. The Hall–Kier alpha value is -2.90. The Kier molecular flexibility index (Phi) is 12.4. The van der Waals surface area contributed by atoms with E-state index in [-0.39, 0.29) is 0 Å². The van der Waals surface area contributed by atoms with Crippen LogP contribution in [0.4, 0.5) is 0 Å². The third-order valence-electron chi connectivity index (χ3n) is 6.07. The largest absolute Gasteiger partial charge is 0.401 e. The normalized spacial score (nSPS) is 15.4. The van der Waals surface area contributed by atoms with Gasteiger partial charge >= 0.3 is 13.3 Å². The van der Waals surface area contributed by atoms with Crippen molar-refractivity contribution in [3.8, 4) is 0 Å². The molecule has 0 spiro atoms. The molecule has 0 saturated heterocycles. The van der Waals surface area contributed by atoms with E-state index in [9.17, 15) is 9.36 Å². The van der Waals surface area contributed by atoms with Gasteiger partial charge in [-0.05, 0) is 61.8 Å². The van der Waals surface area contributed by atoms with Crippen LogP contribution in [0.3, 0.4) is 0 Å². The Labute approximate surface area is 218 Å². The fourth-order valence-electron chi connectivity index (χ4n) is 4.19. The van der Waals surface area contributed by atoms with E-state index in [1.165, 1.54) is 18.1 Å². The second kappa shape index (κ2) is 15.3. The van der Waals surface area contributed by atoms with Gasteiger partial charge < -0.3 is 4.52 Å². The van der Waals surface area contributed by atoms with Gasteiger partial charge in [-0.1, -0.05) is 113 Å². The summed E-state index contributed by atoms with van der Waals surface area (Å²) in [6.45, 7) is 11.3. The van der Waals surface area contributed by atoms with Gasteiger partial charge in [-0.15, -0.1) is 0 Å². The smallest absolute Gasteiger partial charge is 0.336 e. The molecule has 2 rings (SSSR count). The van der Waals surface area contributed by atoms with Crippen molar-refractivity contribution in [1.29, 1.82) is 0 Å². The van der Waals surface area contributed by atoms with Crippen LogP contribution >= 0.6 is 7.37 Å². The third kappa shape index (κ3) is 9.99. The zero-order valence-electron chi connectivity index (χ0n) is 22.3. The summed E-state index contributed by atoms with van der Waals surface area (Å²) in [5.41, 5.74) is 1.48. The summed E-state index contributed by atoms with van der Waals surface area (Å²) in [6, 6.07) is 17.7. The molecule has 0 heterocycles. The van der Waals surface area contributed by atoms with Crippen LogP contribution in [0.5, 0.6) is 0 Å². The quantitative estimate of drug-likeness (QED) is 0.120. The van der Waals surface area contributed by atoms with Crippen molar-refractivity contribution in [2.24, 2.45) is 17.8 Å². The van der Waals surface area contributed by atoms with Crippen molar-refractivity contribution in [2.45, 2.75) is 53.9 Å². The minimum absolute atomic E-state index is 0.470. The molecule has 0 amide bonds. The Bertz CT molecular complexity index is 1050. The second-order valence-electron chi connectivity index (χ2n) is 9.68. The summed E-state index contributed by atoms with van der Waals surface area (Å²) in [5.74, 6) is 1.11. The lowest BCUT2D eigenvalue weighted by atomic mass is 9.90. The van der Waals surface area contributed by atoms with Crippen LogP contribution in [-0.4, -0.2) is 5.97 Å². The monoisotopic (exact) mass is 504 g/mol. The fraction of sp³-hybridized carbons (Fsp3) is 0.344. The predicted molar refractivity (Wildman–Crippen MR) is 154 cm³/mol. The van der Waals surface area contributed by atoms with E-state index in [4.69, 9.17) is 4.52 Å². The molecule has 0 aliphatic carbocycles. The molecule has 0 aliphatic rings. The van der Waals surface area contributed by atoms with Crippen LogP contribution in [0.1, 0.15) is 53.9 Å². The van der Waals surface area contributed by atoms with Gasteiger partial charge in [0.2, 0.25) is 0 Å². The zero-order valence-corrected chi connectivity index (χ0v) is 23.2. The first-order valence-electron chi connectivity index (χ1n) is 12.9. The first-order valence-corrected chi connectivity index (χ1v) is 14.5. The van der Waals surface area contributed by atoms with Crippen LogP contribution in [0.2, 0.25) is 0 Å². The summed E-state index contributed by atoms with van der Waals surface area (Å²) in [5, 5.41) is 0.982. The van der Waals surface area contributed by atoms with Crippen molar-refractivity contribution < 1.29 is 13.9 Å². The van der Waals surface area contributed by atoms with E-state index < -0.39 is 13.3 Å². The van der Waals surface area contributed by atoms with Gasteiger partial charge in [-0.25, -0.2) is 4.79 Å². The SMILES string of the molecule is CC[C@@H](C)/C=C(\C)C[C@@H](C)C[C@@H](C)/C=C/C=C/C=C/C(=O)OP(=O)(c1ccccc1)c1ccccc1. The molecule has 36 heavy (non-hydrogen) atoms. The summed E-state index contributed by atoms with van der Waals surface area (Å²) < 4.78 is 19.3. The van der Waals surface area contributed by atoms with E-state index in [0.29, 0.717) is 28.4 Å². The maximum Gasteiger partial charge on any atom is 0.336 e. The standard InChI is InChI=1S/C32H41O3P/c1-6-26(2)23-28(4)25-29(5)24-27(3)17-11-7-8-16-22-32(33)35-36(34,30-18-12-9-13-19-30)31-20-14-10-15-21-31/h7-23,26-27,29H,6,24-25H2,1-5H3/b8-7+,17-11+,22-16+,28-23+/t26-,27+,29+/m1/s1. The average Bonchev–Trinajstić information content (AvgIpc) is 2.86. The molecule has 192 valence electrons. The first kappa shape index (κ1) is 29.3. The molecule has 0 unspecified atom stereocenters. The zero-order chi connectivity index (χ0) is 26.4. The van der Waals surface area contributed by atoms with Crippen LogP contribution in [-0.2, 0) is 13.9 Å². The number of benzene rings is 2. The maximum absolute atomic E-state index is 13.8. The highest BCUT2D eigenvalue weighted by atomic mass is 31.2. The second-order valence-corrected chi connectivity index (χ2v) is 12.0. The van der Waals surface area contributed by atoms with E-state index in [0.717, 1.165) is 12.8 Å². The molecule has 0 fully saturated rings. The molecular weight excluding hydrogens is 463 g/mol. The van der Waals surface area contributed by atoms with E-state index in [2.05, 4.69) is 46.8 Å². The highest BCUT2D eigenvalue weighted by molar-refractivity contribution is 7.74. The van der Waals surface area contributed by atoms with Crippen molar-refractivity contribution in [1.82, 2.24) is 0 Å². The molecular formula is C32H41O3P. The summed E-state index contributed by atoms with van der Waals surface area (Å²) in [4.78, 5) is 12.5. The van der Waals surface area contributed by atoms with Crippen molar-refractivity contribution in [2.75, 3.05) is 0 Å². The number of hydrogen-bond donors (Lipinski definition) is 0. The fourth-order valence-corrected chi connectivity index (χ4v) is 6.15. The van der Waals surface area contributed by atoms with Crippen LogP contribution in [0, 0.1) is 17.8 Å². The van der Waals surface area contributed by atoms with E-state index in [1.54, 1.807) is 60.7 Å². The lowest BCUT2D eigenvalue weighted by Crippen LogP contribution is -2.20. The van der Waals surface area contributed by atoms with Gasteiger partial charge in [0.25, 0.3) is 0 Å².